The third-order valence-corrected chi connectivity index (χ3v) is 11.8. The van der Waals surface area contributed by atoms with Gasteiger partial charge in [-0.15, -0.1) is 0 Å². The van der Waals surface area contributed by atoms with Gasteiger partial charge in [0.05, 0.1) is 12.2 Å². The van der Waals surface area contributed by atoms with Crippen LogP contribution in [-0.4, -0.2) is 45.9 Å². The molecule has 2 saturated heterocycles. The summed E-state index contributed by atoms with van der Waals surface area (Å²) >= 11 is 0. The molecule has 0 radical (unpaired) electrons. The van der Waals surface area contributed by atoms with Gasteiger partial charge in [0.25, 0.3) is 0 Å². The minimum absolute atomic E-state index is 0.0850. The van der Waals surface area contributed by atoms with Crippen LogP contribution in [0.15, 0.2) is 11.6 Å². The first kappa shape index (κ1) is 20.2. The van der Waals surface area contributed by atoms with Gasteiger partial charge >= 0.3 is 0 Å². The summed E-state index contributed by atoms with van der Waals surface area (Å²) in [5.74, 6) is 4.19. The number of nitrogens with zero attached hydrogens (tertiary/aromatic N) is 1. The maximum absolute atomic E-state index is 11.8. The lowest BCUT2D eigenvalue weighted by molar-refractivity contribution is -0.135. The van der Waals surface area contributed by atoms with Crippen molar-refractivity contribution in [1.29, 1.82) is 0 Å². The summed E-state index contributed by atoms with van der Waals surface area (Å²) in [6, 6.07) is 1.46. The highest BCUT2D eigenvalue weighted by molar-refractivity contribution is 5.27. The van der Waals surface area contributed by atoms with E-state index in [-0.39, 0.29) is 23.0 Å². The predicted octanol–water partition coefficient (Wildman–Crippen LogP) is 4.63. The highest BCUT2D eigenvalue weighted by Crippen LogP contribution is 2.69. The van der Waals surface area contributed by atoms with Crippen LogP contribution in [0, 0.1) is 46.3 Å². The number of rotatable bonds is 0. The van der Waals surface area contributed by atoms with E-state index in [4.69, 9.17) is 0 Å². The highest BCUT2D eigenvalue weighted by atomic mass is 16.3. The molecule has 6 aliphatic rings. The quantitative estimate of drug-likeness (QED) is 0.569. The normalized spacial score (nSPS) is 60.1. The first-order valence-electron chi connectivity index (χ1n) is 13.1. The predicted molar refractivity (Wildman–Crippen MR) is 120 cm³/mol. The van der Waals surface area contributed by atoms with E-state index in [1.807, 2.05) is 0 Å². The lowest BCUT2D eigenvalue weighted by Crippen LogP contribution is -2.57. The molecular weight excluding hydrogens is 370 g/mol. The number of allylic oxidation sites excluding steroid dienone is 1. The Labute approximate surface area is 183 Å². The van der Waals surface area contributed by atoms with Gasteiger partial charge in [-0.1, -0.05) is 39.3 Å². The SMILES string of the molecule is C[C@@H]1CC[C@H]2[C@@H](C)[C@@H]3[C@H](C[C@H]4[C@@H]5CC=C6C[C@H](O)CC[C@]6(C)[C@H]5C[C@H](O)[C@]34C)N2C1. The Bertz CT molecular complexity index is 749. The summed E-state index contributed by atoms with van der Waals surface area (Å²) in [5.41, 5.74) is 1.80. The number of fused-ring (bicyclic) bond motifs is 9. The molecule has 0 amide bonds. The Balaban J connectivity index is 1.36. The van der Waals surface area contributed by atoms with Crippen LogP contribution < -0.4 is 0 Å². The molecule has 4 aliphatic carbocycles. The molecule has 3 heteroatoms. The Kier molecular flexibility index (Phi) is 4.44. The molecule has 12 atom stereocenters. The lowest BCUT2D eigenvalue weighted by atomic mass is 9.46. The molecule has 2 heterocycles. The zero-order chi connectivity index (χ0) is 21.0. The van der Waals surface area contributed by atoms with Gasteiger partial charge in [-0.2, -0.15) is 0 Å². The Morgan fingerprint density at radius 3 is 2.60 bits per heavy atom. The molecule has 168 valence electrons. The van der Waals surface area contributed by atoms with E-state index in [9.17, 15) is 10.2 Å². The fraction of sp³-hybridized carbons (Fsp3) is 0.926. The summed E-state index contributed by atoms with van der Waals surface area (Å²) in [6.07, 6.45) is 11.4. The monoisotopic (exact) mass is 413 g/mol. The average Bonchev–Trinajstić information content (AvgIpc) is 3.17. The maximum atomic E-state index is 11.8. The summed E-state index contributed by atoms with van der Waals surface area (Å²) in [6.45, 7) is 11.2. The van der Waals surface area contributed by atoms with E-state index in [0.29, 0.717) is 23.8 Å². The minimum Gasteiger partial charge on any atom is -0.393 e. The molecule has 6 rings (SSSR count). The van der Waals surface area contributed by atoms with Crippen molar-refractivity contribution in [1.82, 2.24) is 4.90 Å². The van der Waals surface area contributed by atoms with Crippen molar-refractivity contribution >= 4 is 0 Å². The molecular formula is C27H43NO2. The van der Waals surface area contributed by atoms with E-state index >= 15 is 0 Å². The van der Waals surface area contributed by atoms with Gasteiger partial charge in [0.2, 0.25) is 0 Å². The zero-order valence-corrected chi connectivity index (χ0v) is 19.6. The second-order valence-corrected chi connectivity index (χ2v) is 12.9. The third kappa shape index (κ3) is 2.44. The van der Waals surface area contributed by atoms with Crippen molar-refractivity contribution in [2.45, 2.75) is 103 Å². The number of piperidine rings is 1. The molecule has 2 N–H and O–H groups in total. The van der Waals surface area contributed by atoms with Gasteiger partial charge in [-0.3, -0.25) is 4.90 Å². The third-order valence-electron chi connectivity index (χ3n) is 11.8. The smallest absolute Gasteiger partial charge is 0.0603 e. The Morgan fingerprint density at radius 2 is 1.80 bits per heavy atom. The molecule has 0 bridgehead atoms. The highest BCUT2D eigenvalue weighted by Gasteiger charge is 2.69. The van der Waals surface area contributed by atoms with Crippen molar-refractivity contribution < 1.29 is 10.2 Å². The van der Waals surface area contributed by atoms with Gasteiger partial charge in [0, 0.05) is 24.0 Å². The lowest BCUT2D eigenvalue weighted by Gasteiger charge is -2.60. The van der Waals surface area contributed by atoms with Crippen LogP contribution in [0.25, 0.3) is 0 Å². The van der Waals surface area contributed by atoms with Crippen LogP contribution in [-0.2, 0) is 0 Å². The van der Waals surface area contributed by atoms with E-state index in [1.165, 1.54) is 37.8 Å². The van der Waals surface area contributed by atoms with Crippen molar-refractivity contribution in [3.8, 4) is 0 Å². The molecule has 3 nitrogen and oxygen atoms in total. The van der Waals surface area contributed by atoms with Gasteiger partial charge < -0.3 is 10.2 Å². The summed E-state index contributed by atoms with van der Waals surface area (Å²) in [5, 5.41) is 22.1. The van der Waals surface area contributed by atoms with E-state index in [0.717, 1.165) is 49.5 Å². The van der Waals surface area contributed by atoms with Crippen LogP contribution in [0.5, 0.6) is 0 Å². The van der Waals surface area contributed by atoms with Crippen LogP contribution in [0.4, 0.5) is 0 Å². The second kappa shape index (κ2) is 6.58. The standard InChI is InChI=1S/C27H43NO2/c1-15-5-8-22-16(2)25-23(28(22)14-15)12-21-19-7-6-17-11-18(29)9-10-26(17,3)20(19)13-24(30)27(21,25)4/h6,15-16,18-25,29-30H,5,7-14H2,1-4H3/t15-,16-,18-,19-,20+,21+,22+,23+,24+,25-,26+,27-/m1/s1. The molecule has 0 aromatic rings. The van der Waals surface area contributed by atoms with Crippen LogP contribution in [0.1, 0.15) is 79.1 Å². The first-order valence-corrected chi connectivity index (χ1v) is 13.1. The molecule has 0 spiro atoms. The molecule has 2 aliphatic heterocycles. The average molecular weight is 414 g/mol. The molecule has 30 heavy (non-hydrogen) atoms. The van der Waals surface area contributed by atoms with Crippen molar-refractivity contribution in [2.75, 3.05) is 6.54 Å². The largest absolute Gasteiger partial charge is 0.393 e. The Hall–Kier alpha value is -0.380. The fourth-order valence-electron chi connectivity index (χ4n) is 10.3. The molecule has 0 aromatic heterocycles. The topological polar surface area (TPSA) is 43.7 Å². The van der Waals surface area contributed by atoms with E-state index < -0.39 is 0 Å². The number of aliphatic hydroxyl groups is 2. The van der Waals surface area contributed by atoms with Crippen LogP contribution in [0.3, 0.4) is 0 Å². The molecule has 0 unspecified atom stereocenters. The Morgan fingerprint density at radius 1 is 1.00 bits per heavy atom. The molecule has 0 aromatic carbocycles. The van der Waals surface area contributed by atoms with Crippen LogP contribution in [0.2, 0.25) is 0 Å². The number of hydrogen-bond acceptors (Lipinski definition) is 3. The van der Waals surface area contributed by atoms with Gasteiger partial charge in [-0.25, -0.2) is 0 Å². The van der Waals surface area contributed by atoms with E-state index in [2.05, 4.69) is 38.7 Å². The van der Waals surface area contributed by atoms with Gasteiger partial charge in [0.15, 0.2) is 0 Å². The molecule has 5 fully saturated rings. The van der Waals surface area contributed by atoms with Gasteiger partial charge in [0.1, 0.15) is 0 Å². The van der Waals surface area contributed by atoms with Gasteiger partial charge in [-0.05, 0) is 92.3 Å². The first-order chi connectivity index (χ1) is 14.2. The maximum Gasteiger partial charge on any atom is 0.0603 e. The summed E-state index contributed by atoms with van der Waals surface area (Å²) in [7, 11) is 0. The van der Waals surface area contributed by atoms with Crippen molar-refractivity contribution in [2.24, 2.45) is 46.3 Å². The van der Waals surface area contributed by atoms with Crippen molar-refractivity contribution in [3.63, 3.8) is 0 Å². The molecule has 3 saturated carbocycles. The van der Waals surface area contributed by atoms with Crippen molar-refractivity contribution in [3.05, 3.63) is 11.6 Å². The summed E-state index contributed by atoms with van der Waals surface area (Å²) in [4.78, 5) is 2.91. The second-order valence-electron chi connectivity index (χ2n) is 12.9. The zero-order valence-electron chi connectivity index (χ0n) is 19.6. The van der Waals surface area contributed by atoms with E-state index in [1.54, 1.807) is 0 Å². The number of hydrogen-bond donors (Lipinski definition) is 2. The fourth-order valence-corrected chi connectivity index (χ4v) is 10.3. The summed E-state index contributed by atoms with van der Waals surface area (Å²) < 4.78 is 0. The minimum atomic E-state index is -0.164. The van der Waals surface area contributed by atoms with Crippen LogP contribution >= 0.6 is 0 Å². The number of aliphatic hydroxyl groups excluding tert-OH is 2.